The third-order valence-corrected chi connectivity index (χ3v) is 4.06. The molecule has 0 bridgehead atoms. The first kappa shape index (κ1) is 20.7. The van der Waals surface area contributed by atoms with Crippen LogP contribution in [0.3, 0.4) is 0 Å². The average Bonchev–Trinajstić information content (AvgIpc) is 2.59. The van der Waals surface area contributed by atoms with E-state index in [2.05, 4.69) is 10.6 Å². The second kappa shape index (κ2) is 8.85. The Kier molecular flexibility index (Phi) is 6.79. The number of amides is 2. The maximum absolute atomic E-state index is 12.2. The molecule has 0 unspecified atom stereocenters. The number of carboxylic acid groups (broad SMARTS) is 1. The minimum atomic E-state index is -1.10. The van der Waals surface area contributed by atoms with Gasteiger partial charge in [-0.25, -0.2) is 9.59 Å². The fraction of sp³-hybridized carbons (Fsp3) is 0.526. The van der Waals surface area contributed by atoms with E-state index < -0.39 is 11.6 Å². The van der Waals surface area contributed by atoms with Crippen molar-refractivity contribution in [2.75, 3.05) is 25.0 Å². The Bertz CT molecular complexity index is 699. The molecule has 0 saturated carbocycles. The van der Waals surface area contributed by atoms with Crippen LogP contribution in [0.2, 0.25) is 0 Å². The zero-order valence-electron chi connectivity index (χ0n) is 15.9. The summed E-state index contributed by atoms with van der Waals surface area (Å²) in [6.07, 6.45) is 1.31. The second-order valence-corrected chi connectivity index (χ2v) is 7.55. The fourth-order valence-electron chi connectivity index (χ4n) is 2.85. The van der Waals surface area contributed by atoms with Crippen LogP contribution in [0.25, 0.3) is 0 Å². The zero-order chi connectivity index (χ0) is 20.0. The average molecular weight is 377 g/mol. The number of piperidine rings is 1. The molecule has 1 heterocycles. The summed E-state index contributed by atoms with van der Waals surface area (Å²) in [5.41, 5.74) is -0.245. The van der Waals surface area contributed by atoms with Crippen molar-refractivity contribution in [2.24, 2.45) is 0 Å². The highest BCUT2D eigenvalue weighted by molar-refractivity contribution is 6.01. The summed E-state index contributed by atoms with van der Waals surface area (Å²) >= 11 is 0. The van der Waals surface area contributed by atoms with Crippen molar-refractivity contribution in [3.63, 3.8) is 0 Å². The normalized spacial score (nSPS) is 17.3. The van der Waals surface area contributed by atoms with Crippen molar-refractivity contribution < 1.29 is 24.2 Å². The maximum Gasteiger partial charge on any atom is 0.410 e. The Morgan fingerprint density at radius 1 is 1.26 bits per heavy atom. The molecule has 1 aliphatic heterocycles. The van der Waals surface area contributed by atoms with E-state index in [1.807, 2.05) is 20.8 Å². The van der Waals surface area contributed by atoms with Gasteiger partial charge in [-0.15, -0.1) is 0 Å². The van der Waals surface area contributed by atoms with Gasteiger partial charge in [0, 0.05) is 19.1 Å². The first-order valence-corrected chi connectivity index (χ1v) is 8.99. The maximum atomic E-state index is 12.2. The molecular formula is C19H27N3O5. The van der Waals surface area contributed by atoms with E-state index in [0.717, 1.165) is 12.8 Å². The van der Waals surface area contributed by atoms with Gasteiger partial charge in [-0.1, -0.05) is 12.1 Å². The van der Waals surface area contributed by atoms with Crippen LogP contribution >= 0.6 is 0 Å². The van der Waals surface area contributed by atoms with Crippen molar-refractivity contribution in [2.45, 2.75) is 45.3 Å². The summed E-state index contributed by atoms with van der Waals surface area (Å²) in [6.45, 7) is 6.59. The number of carbonyl (C=O) groups excluding carboxylic acids is 2. The molecule has 2 rings (SSSR count). The molecule has 27 heavy (non-hydrogen) atoms. The fourth-order valence-corrected chi connectivity index (χ4v) is 2.85. The highest BCUT2D eigenvalue weighted by atomic mass is 16.6. The topological polar surface area (TPSA) is 108 Å². The van der Waals surface area contributed by atoms with Gasteiger partial charge >= 0.3 is 12.1 Å². The SMILES string of the molecule is CC(C)(C)OC(=O)N1CCC[C@H](NCC(=O)Nc2ccccc2C(=O)O)C1. The number of likely N-dealkylation sites (tertiary alicyclic amines) is 1. The molecule has 8 nitrogen and oxygen atoms in total. The molecule has 1 saturated heterocycles. The third kappa shape index (κ3) is 6.56. The lowest BCUT2D eigenvalue weighted by atomic mass is 10.1. The van der Waals surface area contributed by atoms with Crippen molar-refractivity contribution in [1.82, 2.24) is 10.2 Å². The van der Waals surface area contributed by atoms with E-state index in [0.29, 0.717) is 13.1 Å². The number of para-hydroxylation sites is 1. The summed E-state index contributed by atoms with van der Waals surface area (Å²) in [7, 11) is 0. The molecule has 8 heteroatoms. The van der Waals surface area contributed by atoms with E-state index in [9.17, 15) is 14.4 Å². The summed E-state index contributed by atoms with van der Waals surface area (Å²) in [5.74, 6) is -1.43. The molecule has 1 aromatic carbocycles. The molecule has 1 aromatic rings. The number of nitrogens with one attached hydrogen (secondary N) is 2. The summed E-state index contributed by atoms with van der Waals surface area (Å²) in [4.78, 5) is 37.2. The number of hydrogen-bond donors (Lipinski definition) is 3. The molecular weight excluding hydrogens is 350 g/mol. The number of benzene rings is 1. The summed E-state index contributed by atoms with van der Waals surface area (Å²) in [6, 6.07) is 6.23. The minimum absolute atomic E-state index is 0.0215. The highest BCUT2D eigenvalue weighted by Crippen LogP contribution is 2.16. The van der Waals surface area contributed by atoms with Crippen LogP contribution in [0.15, 0.2) is 24.3 Å². The predicted octanol–water partition coefficient (Wildman–Crippen LogP) is 2.31. The van der Waals surface area contributed by atoms with Crippen LogP contribution in [-0.2, 0) is 9.53 Å². The van der Waals surface area contributed by atoms with Gasteiger partial charge < -0.3 is 25.4 Å². The molecule has 1 aliphatic rings. The quantitative estimate of drug-likeness (QED) is 0.727. The molecule has 0 spiro atoms. The lowest BCUT2D eigenvalue weighted by molar-refractivity contribution is -0.115. The lowest BCUT2D eigenvalue weighted by Crippen LogP contribution is -2.50. The van der Waals surface area contributed by atoms with Gasteiger partial charge in [0.05, 0.1) is 17.8 Å². The first-order valence-electron chi connectivity index (χ1n) is 8.99. The number of carbonyl (C=O) groups is 3. The predicted molar refractivity (Wildman–Crippen MR) is 101 cm³/mol. The smallest absolute Gasteiger partial charge is 0.410 e. The van der Waals surface area contributed by atoms with Gasteiger partial charge in [-0.2, -0.15) is 0 Å². The monoisotopic (exact) mass is 377 g/mol. The highest BCUT2D eigenvalue weighted by Gasteiger charge is 2.27. The van der Waals surface area contributed by atoms with Gasteiger partial charge in [0.2, 0.25) is 5.91 Å². The zero-order valence-corrected chi connectivity index (χ0v) is 15.9. The van der Waals surface area contributed by atoms with Crippen LogP contribution in [0, 0.1) is 0 Å². The Morgan fingerprint density at radius 2 is 1.96 bits per heavy atom. The van der Waals surface area contributed by atoms with E-state index in [1.54, 1.807) is 23.1 Å². The number of anilines is 1. The Balaban J connectivity index is 1.85. The van der Waals surface area contributed by atoms with Crippen molar-refractivity contribution in [3.05, 3.63) is 29.8 Å². The summed E-state index contributed by atoms with van der Waals surface area (Å²) in [5, 5.41) is 14.9. The standard InChI is InChI=1S/C19H27N3O5/c1-19(2,3)27-18(26)22-10-6-7-13(12-22)20-11-16(23)21-15-9-5-4-8-14(15)17(24)25/h4-5,8-9,13,20H,6-7,10-12H2,1-3H3,(H,21,23)(H,24,25)/t13-/m0/s1. The number of ether oxygens (including phenoxy) is 1. The van der Waals surface area contributed by atoms with Gasteiger partial charge in [0.1, 0.15) is 5.60 Å². The third-order valence-electron chi connectivity index (χ3n) is 4.06. The molecule has 0 radical (unpaired) electrons. The van der Waals surface area contributed by atoms with E-state index in [1.165, 1.54) is 6.07 Å². The number of aromatic carboxylic acids is 1. The first-order chi connectivity index (χ1) is 12.7. The summed E-state index contributed by atoms with van der Waals surface area (Å²) < 4.78 is 5.39. The lowest BCUT2D eigenvalue weighted by Gasteiger charge is -2.34. The van der Waals surface area contributed by atoms with Crippen LogP contribution in [-0.4, -0.2) is 59.3 Å². The van der Waals surface area contributed by atoms with E-state index >= 15 is 0 Å². The van der Waals surface area contributed by atoms with E-state index in [-0.39, 0.29) is 35.8 Å². The molecule has 3 N–H and O–H groups in total. The van der Waals surface area contributed by atoms with E-state index in [4.69, 9.17) is 9.84 Å². The second-order valence-electron chi connectivity index (χ2n) is 7.55. The number of carboxylic acids is 1. The van der Waals surface area contributed by atoms with Crippen molar-refractivity contribution >= 4 is 23.7 Å². The van der Waals surface area contributed by atoms with Gasteiger partial charge in [0.25, 0.3) is 0 Å². The number of rotatable bonds is 5. The number of hydrogen-bond acceptors (Lipinski definition) is 5. The van der Waals surface area contributed by atoms with Crippen LogP contribution in [0.5, 0.6) is 0 Å². The van der Waals surface area contributed by atoms with Gasteiger partial charge in [-0.05, 0) is 45.7 Å². The molecule has 1 atom stereocenters. The van der Waals surface area contributed by atoms with Crippen LogP contribution in [0.4, 0.5) is 10.5 Å². The van der Waals surface area contributed by atoms with Gasteiger partial charge in [-0.3, -0.25) is 4.79 Å². The Hall–Kier alpha value is -2.61. The van der Waals surface area contributed by atoms with Crippen LogP contribution in [0.1, 0.15) is 44.0 Å². The largest absolute Gasteiger partial charge is 0.478 e. The molecule has 1 fully saturated rings. The van der Waals surface area contributed by atoms with Gasteiger partial charge in [0.15, 0.2) is 0 Å². The van der Waals surface area contributed by atoms with Crippen LogP contribution < -0.4 is 10.6 Å². The Morgan fingerprint density at radius 3 is 2.63 bits per heavy atom. The van der Waals surface area contributed by atoms with Crippen molar-refractivity contribution in [3.8, 4) is 0 Å². The minimum Gasteiger partial charge on any atom is -0.478 e. The Labute approximate surface area is 158 Å². The molecule has 0 aliphatic carbocycles. The molecule has 148 valence electrons. The van der Waals surface area contributed by atoms with Crippen molar-refractivity contribution in [1.29, 1.82) is 0 Å². The molecule has 0 aromatic heterocycles. The molecule has 2 amide bonds. The number of nitrogens with zero attached hydrogens (tertiary/aromatic N) is 1.